The van der Waals surface area contributed by atoms with E-state index in [-0.39, 0.29) is 17.3 Å². The van der Waals surface area contributed by atoms with E-state index < -0.39 is 6.04 Å². The van der Waals surface area contributed by atoms with E-state index in [4.69, 9.17) is 0 Å². The zero-order valence-corrected chi connectivity index (χ0v) is 17.2. The Hall–Kier alpha value is -3.48. The minimum atomic E-state index is -0.520. The van der Waals surface area contributed by atoms with Crippen LogP contribution in [0.2, 0.25) is 0 Å². The van der Waals surface area contributed by atoms with Crippen LogP contribution in [0.25, 0.3) is 0 Å². The van der Waals surface area contributed by atoms with Crippen LogP contribution in [0.4, 0.5) is 5.82 Å². The fourth-order valence-corrected chi connectivity index (χ4v) is 3.98. The van der Waals surface area contributed by atoms with Crippen LogP contribution in [0.3, 0.4) is 0 Å². The third-order valence-electron chi connectivity index (χ3n) is 5.29. The van der Waals surface area contributed by atoms with Gasteiger partial charge in [-0.25, -0.2) is 4.98 Å². The molecular formula is C23H25N5O2. The Bertz CT molecular complexity index is 1100. The fraction of sp³-hybridized carbons (Fsp3) is 0.304. The molecule has 2 aromatic heterocycles. The van der Waals surface area contributed by atoms with E-state index in [9.17, 15) is 9.59 Å². The molecule has 1 aliphatic rings. The largest absolute Gasteiger partial charge is 0.361 e. The van der Waals surface area contributed by atoms with Gasteiger partial charge in [-0.05, 0) is 43.9 Å². The number of hydrogen-bond donors (Lipinski definition) is 2. The van der Waals surface area contributed by atoms with Crippen LogP contribution in [-0.2, 0) is 24.3 Å². The van der Waals surface area contributed by atoms with Gasteiger partial charge in [-0.2, -0.15) is 0 Å². The van der Waals surface area contributed by atoms with Crippen LogP contribution >= 0.6 is 0 Å². The van der Waals surface area contributed by atoms with Crippen molar-refractivity contribution in [3.63, 3.8) is 0 Å². The molecule has 0 aliphatic carbocycles. The van der Waals surface area contributed by atoms with E-state index in [1.807, 2.05) is 26.0 Å². The molecule has 154 valence electrons. The lowest BCUT2D eigenvalue weighted by Gasteiger charge is -2.16. The van der Waals surface area contributed by atoms with Gasteiger partial charge in [-0.3, -0.25) is 19.1 Å². The van der Waals surface area contributed by atoms with Gasteiger partial charge in [0.25, 0.3) is 5.56 Å². The minimum Gasteiger partial charge on any atom is -0.361 e. The number of hydrogen-bond acceptors (Lipinski definition) is 5. The SMILES string of the molecule is Cc1cc(C)cc(CNc2ncc3n(c2=O)[C@H](C(=O)NCc2cccnc2)CC3)c1. The molecule has 4 rings (SSSR count). The van der Waals surface area contributed by atoms with E-state index in [1.165, 1.54) is 11.1 Å². The van der Waals surface area contributed by atoms with Gasteiger partial charge in [0.1, 0.15) is 6.04 Å². The summed E-state index contributed by atoms with van der Waals surface area (Å²) >= 11 is 0. The Balaban J connectivity index is 1.49. The number of nitrogens with zero attached hydrogens (tertiary/aromatic N) is 3. The lowest BCUT2D eigenvalue weighted by Crippen LogP contribution is -2.36. The second kappa shape index (κ2) is 8.49. The third kappa shape index (κ3) is 4.25. The first-order valence-corrected chi connectivity index (χ1v) is 10.1. The number of carbonyl (C=O) groups is 1. The van der Waals surface area contributed by atoms with Crippen molar-refractivity contribution >= 4 is 11.7 Å². The number of anilines is 1. The Morgan fingerprint density at radius 1 is 1.13 bits per heavy atom. The molecule has 30 heavy (non-hydrogen) atoms. The van der Waals surface area contributed by atoms with Crippen molar-refractivity contribution in [2.75, 3.05) is 5.32 Å². The van der Waals surface area contributed by atoms with Crippen molar-refractivity contribution in [1.29, 1.82) is 0 Å². The molecule has 1 atom stereocenters. The summed E-state index contributed by atoms with van der Waals surface area (Å²) in [5, 5.41) is 6.07. The molecule has 0 saturated carbocycles. The summed E-state index contributed by atoms with van der Waals surface area (Å²) in [4.78, 5) is 34.2. The number of aromatic nitrogens is 3. The molecule has 0 fully saturated rings. The Labute approximate surface area is 175 Å². The Kier molecular flexibility index (Phi) is 5.61. The van der Waals surface area contributed by atoms with Gasteiger partial charge in [0.15, 0.2) is 5.82 Å². The number of nitrogens with one attached hydrogen (secondary N) is 2. The number of pyridine rings is 1. The monoisotopic (exact) mass is 403 g/mol. The average Bonchev–Trinajstić information content (AvgIpc) is 3.17. The number of benzene rings is 1. The topological polar surface area (TPSA) is 88.9 Å². The van der Waals surface area contributed by atoms with Gasteiger partial charge in [-0.15, -0.1) is 0 Å². The molecule has 3 heterocycles. The number of fused-ring (bicyclic) bond motifs is 1. The van der Waals surface area contributed by atoms with Gasteiger partial charge >= 0.3 is 0 Å². The molecule has 7 nitrogen and oxygen atoms in total. The van der Waals surface area contributed by atoms with Gasteiger partial charge in [0.2, 0.25) is 5.91 Å². The summed E-state index contributed by atoms with van der Waals surface area (Å²) in [7, 11) is 0. The second-order valence-corrected chi connectivity index (χ2v) is 7.76. The molecular weight excluding hydrogens is 378 g/mol. The fourth-order valence-electron chi connectivity index (χ4n) is 3.98. The summed E-state index contributed by atoms with van der Waals surface area (Å²) < 4.78 is 1.58. The van der Waals surface area contributed by atoms with Crippen molar-refractivity contribution in [3.8, 4) is 0 Å². The normalized spacial score (nSPS) is 14.9. The lowest BCUT2D eigenvalue weighted by atomic mass is 10.1. The summed E-state index contributed by atoms with van der Waals surface area (Å²) in [5.74, 6) is 0.107. The standard InChI is InChI=1S/C23H25N5O2/c1-15-8-16(2)10-18(9-15)13-25-21-23(30)28-19(14-26-21)5-6-20(28)22(29)27-12-17-4-3-7-24-11-17/h3-4,7-11,14,20H,5-6,12-13H2,1-2H3,(H,25,26)(H,27,29)/t20-/m0/s1. The van der Waals surface area contributed by atoms with Crippen LogP contribution in [0.5, 0.6) is 0 Å². The second-order valence-electron chi connectivity index (χ2n) is 7.76. The van der Waals surface area contributed by atoms with Crippen LogP contribution in [0.15, 0.2) is 53.7 Å². The summed E-state index contributed by atoms with van der Waals surface area (Å²) in [5.41, 5.74) is 4.90. The molecule has 3 aromatic rings. The maximum Gasteiger partial charge on any atom is 0.294 e. The van der Waals surface area contributed by atoms with Crippen molar-refractivity contribution in [2.45, 2.75) is 45.8 Å². The van der Waals surface area contributed by atoms with E-state index >= 15 is 0 Å². The van der Waals surface area contributed by atoms with Crippen LogP contribution < -0.4 is 16.2 Å². The first kappa shape index (κ1) is 19.8. The molecule has 0 saturated heterocycles. The highest BCUT2D eigenvalue weighted by Gasteiger charge is 2.30. The maximum atomic E-state index is 13.1. The van der Waals surface area contributed by atoms with Crippen molar-refractivity contribution < 1.29 is 4.79 Å². The van der Waals surface area contributed by atoms with Gasteiger partial charge in [0.05, 0.1) is 0 Å². The molecule has 0 radical (unpaired) electrons. The van der Waals surface area contributed by atoms with Gasteiger partial charge in [0, 0.05) is 37.4 Å². The zero-order valence-electron chi connectivity index (χ0n) is 17.2. The highest BCUT2D eigenvalue weighted by Crippen LogP contribution is 2.24. The molecule has 2 N–H and O–H groups in total. The maximum absolute atomic E-state index is 13.1. The lowest BCUT2D eigenvalue weighted by molar-refractivity contribution is -0.124. The number of carbonyl (C=O) groups excluding carboxylic acids is 1. The van der Waals surface area contributed by atoms with Gasteiger partial charge in [-0.1, -0.05) is 35.4 Å². The predicted molar refractivity (Wildman–Crippen MR) is 115 cm³/mol. The van der Waals surface area contributed by atoms with Crippen LogP contribution in [-0.4, -0.2) is 20.4 Å². The third-order valence-corrected chi connectivity index (χ3v) is 5.29. The first-order valence-electron chi connectivity index (χ1n) is 10.1. The van der Waals surface area contributed by atoms with Crippen molar-refractivity contribution in [2.24, 2.45) is 0 Å². The van der Waals surface area contributed by atoms with Crippen molar-refractivity contribution in [1.82, 2.24) is 19.9 Å². The predicted octanol–water partition coefficient (Wildman–Crippen LogP) is 2.67. The molecule has 0 spiro atoms. The zero-order chi connectivity index (χ0) is 21.1. The first-order chi connectivity index (χ1) is 14.5. The number of aryl methyl sites for hydroxylation is 3. The van der Waals surface area contributed by atoms with E-state index in [2.05, 4.69) is 38.8 Å². The summed E-state index contributed by atoms with van der Waals surface area (Å²) in [6.45, 7) is 4.99. The van der Waals surface area contributed by atoms with Crippen molar-refractivity contribution in [3.05, 3.63) is 87.2 Å². The van der Waals surface area contributed by atoms with E-state index in [1.54, 1.807) is 23.2 Å². The molecule has 7 heteroatoms. The quantitative estimate of drug-likeness (QED) is 0.661. The average molecular weight is 403 g/mol. The van der Waals surface area contributed by atoms with Gasteiger partial charge < -0.3 is 10.6 Å². The molecule has 1 amide bonds. The highest BCUT2D eigenvalue weighted by molar-refractivity contribution is 5.81. The van der Waals surface area contributed by atoms with E-state index in [0.717, 1.165) is 16.8 Å². The minimum absolute atomic E-state index is 0.161. The Morgan fingerprint density at radius 3 is 2.67 bits per heavy atom. The van der Waals surface area contributed by atoms with E-state index in [0.29, 0.717) is 25.9 Å². The smallest absolute Gasteiger partial charge is 0.294 e. The number of rotatable bonds is 6. The molecule has 0 bridgehead atoms. The molecule has 1 aliphatic heterocycles. The van der Waals surface area contributed by atoms with Crippen LogP contribution in [0.1, 0.15) is 40.4 Å². The summed E-state index contributed by atoms with van der Waals surface area (Å²) in [6.07, 6.45) is 6.35. The number of amides is 1. The Morgan fingerprint density at radius 2 is 1.93 bits per heavy atom. The van der Waals surface area contributed by atoms with Crippen LogP contribution in [0, 0.1) is 13.8 Å². The molecule has 0 unspecified atom stereocenters. The highest BCUT2D eigenvalue weighted by atomic mass is 16.2. The summed E-state index contributed by atoms with van der Waals surface area (Å²) in [6, 6.07) is 9.49. The molecule has 1 aromatic carbocycles.